The van der Waals surface area contributed by atoms with Crippen LogP contribution in [0.1, 0.15) is 33.6 Å². The molecule has 0 aromatic heterocycles. The van der Waals surface area contributed by atoms with Crippen LogP contribution in [0.25, 0.3) is 0 Å². The summed E-state index contributed by atoms with van der Waals surface area (Å²) in [5.41, 5.74) is -0.000534. The first kappa shape index (κ1) is 12.9. The molecule has 3 unspecified atom stereocenters. The highest BCUT2D eigenvalue weighted by Crippen LogP contribution is 2.24. The Bertz CT molecular complexity index is 178. The van der Waals surface area contributed by atoms with Crippen LogP contribution in [-0.2, 0) is 4.74 Å². The minimum atomic E-state index is -0.255. The molecule has 3 atom stereocenters. The minimum Gasteiger partial charge on any atom is -0.393 e. The Kier molecular flexibility index (Phi) is 5.03. The maximum atomic E-state index is 9.70. The molecule has 1 aliphatic heterocycles. The van der Waals surface area contributed by atoms with E-state index in [0.29, 0.717) is 5.92 Å². The molecule has 0 saturated carbocycles. The summed E-state index contributed by atoms with van der Waals surface area (Å²) >= 11 is 0. The molecule has 90 valence electrons. The summed E-state index contributed by atoms with van der Waals surface area (Å²) in [6.07, 6.45) is 1.92. The van der Waals surface area contributed by atoms with E-state index in [9.17, 15) is 5.11 Å². The van der Waals surface area contributed by atoms with Gasteiger partial charge in [0, 0.05) is 25.1 Å². The van der Waals surface area contributed by atoms with Gasteiger partial charge < -0.3 is 15.2 Å². The molecule has 0 radical (unpaired) electrons. The number of hydrogen-bond donors (Lipinski definition) is 2. The van der Waals surface area contributed by atoms with E-state index in [0.717, 1.165) is 32.7 Å². The largest absolute Gasteiger partial charge is 0.393 e. The van der Waals surface area contributed by atoms with E-state index < -0.39 is 0 Å². The molecule has 1 aliphatic rings. The fourth-order valence-electron chi connectivity index (χ4n) is 1.87. The van der Waals surface area contributed by atoms with Gasteiger partial charge in [-0.25, -0.2) is 0 Å². The van der Waals surface area contributed by atoms with Crippen LogP contribution in [0.3, 0.4) is 0 Å². The van der Waals surface area contributed by atoms with E-state index in [1.165, 1.54) is 6.42 Å². The summed E-state index contributed by atoms with van der Waals surface area (Å²) in [5, 5.41) is 13.2. The van der Waals surface area contributed by atoms with Crippen LogP contribution in [0.15, 0.2) is 0 Å². The van der Waals surface area contributed by atoms with E-state index in [2.05, 4.69) is 19.2 Å². The van der Waals surface area contributed by atoms with Crippen LogP contribution in [0.4, 0.5) is 0 Å². The lowest BCUT2D eigenvalue weighted by molar-refractivity contribution is 0.0483. The van der Waals surface area contributed by atoms with Crippen molar-refractivity contribution in [1.82, 2.24) is 5.32 Å². The van der Waals surface area contributed by atoms with Crippen molar-refractivity contribution in [1.29, 1.82) is 0 Å². The molecule has 15 heavy (non-hydrogen) atoms. The Morgan fingerprint density at radius 2 is 2.33 bits per heavy atom. The number of aliphatic hydroxyl groups excluding tert-OH is 1. The SMILES string of the molecule is CCC(C)(CNCC1CCOC1)C(C)O. The smallest absolute Gasteiger partial charge is 0.0577 e. The Labute approximate surface area is 93.2 Å². The lowest BCUT2D eigenvalue weighted by atomic mass is 9.82. The molecule has 1 rings (SSSR count). The number of aliphatic hydroxyl groups is 1. The Hall–Kier alpha value is -0.120. The monoisotopic (exact) mass is 215 g/mol. The van der Waals surface area contributed by atoms with Crippen molar-refractivity contribution in [2.75, 3.05) is 26.3 Å². The average molecular weight is 215 g/mol. The standard InChI is InChI=1S/C12H25NO2/c1-4-12(3,10(2)14)9-13-7-11-5-6-15-8-11/h10-11,13-14H,4-9H2,1-3H3. The van der Waals surface area contributed by atoms with Gasteiger partial charge in [-0.1, -0.05) is 13.8 Å². The third-order valence-corrected chi connectivity index (χ3v) is 3.80. The lowest BCUT2D eigenvalue weighted by Gasteiger charge is -2.32. The van der Waals surface area contributed by atoms with E-state index in [-0.39, 0.29) is 11.5 Å². The average Bonchev–Trinajstić information content (AvgIpc) is 2.70. The van der Waals surface area contributed by atoms with E-state index in [4.69, 9.17) is 4.74 Å². The Balaban J connectivity index is 2.22. The van der Waals surface area contributed by atoms with Crippen molar-refractivity contribution in [3.8, 4) is 0 Å². The molecule has 0 aromatic rings. The molecule has 0 bridgehead atoms. The maximum absolute atomic E-state index is 9.70. The van der Waals surface area contributed by atoms with Crippen LogP contribution in [-0.4, -0.2) is 37.5 Å². The van der Waals surface area contributed by atoms with Crippen LogP contribution in [0.2, 0.25) is 0 Å². The second-order valence-electron chi connectivity index (χ2n) is 5.04. The summed E-state index contributed by atoms with van der Waals surface area (Å²) in [6.45, 7) is 9.85. The quantitative estimate of drug-likeness (QED) is 0.704. The fourth-order valence-corrected chi connectivity index (χ4v) is 1.87. The van der Waals surface area contributed by atoms with Gasteiger partial charge in [0.25, 0.3) is 0 Å². The topological polar surface area (TPSA) is 41.5 Å². The van der Waals surface area contributed by atoms with Crippen molar-refractivity contribution in [2.24, 2.45) is 11.3 Å². The van der Waals surface area contributed by atoms with Crippen LogP contribution in [0, 0.1) is 11.3 Å². The molecule has 2 N–H and O–H groups in total. The molecule has 0 amide bonds. The highest BCUT2D eigenvalue weighted by molar-refractivity contribution is 4.81. The highest BCUT2D eigenvalue weighted by atomic mass is 16.5. The van der Waals surface area contributed by atoms with Gasteiger partial charge in [0.1, 0.15) is 0 Å². The molecule has 0 aromatic carbocycles. The van der Waals surface area contributed by atoms with E-state index in [1.54, 1.807) is 0 Å². The fraction of sp³-hybridized carbons (Fsp3) is 1.00. The van der Waals surface area contributed by atoms with Gasteiger partial charge in [0.05, 0.1) is 12.7 Å². The third kappa shape index (κ3) is 3.74. The van der Waals surface area contributed by atoms with Crippen molar-refractivity contribution in [3.05, 3.63) is 0 Å². The molecular weight excluding hydrogens is 190 g/mol. The van der Waals surface area contributed by atoms with Gasteiger partial charge in [0.2, 0.25) is 0 Å². The molecule has 3 nitrogen and oxygen atoms in total. The molecule has 0 aliphatic carbocycles. The minimum absolute atomic E-state index is 0.000534. The second kappa shape index (κ2) is 5.83. The predicted octanol–water partition coefficient (Wildman–Crippen LogP) is 1.41. The first-order chi connectivity index (χ1) is 7.08. The number of rotatable bonds is 6. The van der Waals surface area contributed by atoms with Crippen molar-refractivity contribution < 1.29 is 9.84 Å². The molecule has 3 heteroatoms. The van der Waals surface area contributed by atoms with Gasteiger partial charge in [-0.2, -0.15) is 0 Å². The third-order valence-electron chi connectivity index (χ3n) is 3.80. The van der Waals surface area contributed by atoms with Gasteiger partial charge in [-0.05, 0) is 25.7 Å². The lowest BCUT2D eigenvalue weighted by Crippen LogP contribution is -2.41. The zero-order valence-corrected chi connectivity index (χ0v) is 10.3. The van der Waals surface area contributed by atoms with Crippen LogP contribution in [0.5, 0.6) is 0 Å². The summed E-state index contributed by atoms with van der Waals surface area (Å²) in [4.78, 5) is 0. The first-order valence-corrected chi connectivity index (χ1v) is 6.05. The highest BCUT2D eigenvalue weighted by Gasteiger charge is 2.27. The Morgan fingerprint density at radius 3 is 2.80 bits per heavy atom. The van der Waals surface area contributed by atoms with E-state index in [1.807, 2.05) is 6.92 Å². The second-order valence-corrected chi connectivity index (χ2v) is 5.04. The van der Waals surface area contributed by atoms with Crippen LogP contribution < -0.4 is 5.32 Å². The molecular formula is C12H25NO2. The van der Waals surface area contributed by atoms with E-state index >= 15 is 0 Å². The van der Waals surface area contributed by atoms with Crippen molar-refractivity contribution in [2.45, 2.75) is 39.7 Å². The molecule has 1 heterocycles. The zero-order chi connectivity index (χ0) is 11.3. The first-order valence-electron chi connectivity index (χ1n) is 6.05. The summed E-state index contributed by atoms with van der Waals surface area (Å²) in [5.74, 6) is 0.667. The zero-order valence-electron chi connectivity index (χ0n) is 10.3. The summed E-state index contributed by atoms with van der Waals surface area (Å²) in [6, 6.07) is 0. The van der Waals surface area contributed by atoms with Gasteiger partial charge in [-0.3, -0.25) is 0 Å². The predicted molar refractivity (Wildman–Crippen MR) is 61.9 cm³/mol. The summed E-state index contributed by atoms with van der Waals surface area (Å²) in [7, 11) is 0. The van der Waals surface area contributed by atoms with Crippen LogP contribution >= 0.6 is 0 Å². The normalized spacial score (nSPS) is 27.6. The number of hydrogen-bond acceptors (Lipinski definition) is 3. The van der Waals surface area contributed by atoms with Gasteiger partial charge in [0.15, 0.2) is 0 Å². The van der Waals surface area contributed by atoms with Crippen molar-refractivity contribution >= 4 is 0 Å². The van der Waals surface area contributed by atoms with Crippen molar-refractivity contribution in [3.63, 3.8) is 0 Å². The molecule has 1 fully saturated rings. The number of nitrogens with one attached hydrogen (secondary N) is 1. The number of ether oxygens (including phenoxy) is 1. The van der Waals surface area contributed by atoms with Gasteiger partial charge in [-0.15, -0.1) is 0 Å². The maximum Gasteiger partial charge on any atom is 0.0577 e. The molecule has 0 spiro atoms. The Morgan fingerprint density at radius 1 is 1.60 bits per heavy atom. The molecule has 1 saturated heterocycles. The van der Waals surface area contributed by atoms with Gasteiger partial charge >= 0.3 is 0 Å². The summed E-state index contributed by atoms with van der Waals surface area (Å²) < 4.78 is 5.32.